The lowest BCUT2D eigenvalue weighted by Crippen LogP contribution is -2.45. The lowest BCUT2D eigenvalue weighted by Gasteiger charge is -2.32. The van der Waals surface area contributed by atoms with E-state index in [0.717, 1.165) is 6.42 Å². The molecule has 0 heterocycles. The fraction of sp³-hybridized carbons (Fsp3) is 0.875. The van der Waals surface area contributed by atoms with Gasteiger partial charge in [0.1, 0.15) is 8.07 Å². The molecular weight excluding hydrogens is 264 g/mol. The van der Waals surface area contributed by atoms with Gasteiger partial charge in [-0.3, -0.25) is 0 Å². The van der Waals surface area contributed by atoms with Crippen LogP contribution in [0, 0.1) is 11.5 Å². The SMILES string of the molecule is CC[Si](C#CCC(O)[Si](CC)(CC)CC)(CC)CC. The van der Waals surface area contributed by atoms with Gasteiger partial charge in [0, 0.05) is 6.42 Å². The average Bonchev–Trinajstić information content (AvgIpc) is 2.46. The van der Waals surface area contributed by atoms with Crippen LogP contribution in [0.15, 0.2) is 0 Å². The first kappa shape index (κ1) is 19.0. The topological polar surface area (TPSA) is 20.2 Å². The van der Waals surface area contributed by atoms with Crippen molar-refractivity contribution in [3.8, 4) is 11.5 Å². The summed E-state index contributed by atoms with van der Waals surface area (Å²) in [4.78, 5) is 0. The zero-order valence-electron chi connectivity index (χ0n) is 14.0. The van der Waals surface area contributed by atoms with E-state index in [2.05, 4.69) is 53.0 Å². The fourth-order valence-electron chi connectivity index (χ4n) is 3.02. The highest BCUT2D eigenvalue weighted by Gasteiger charge is 2.34. The van der Waals surface area contributed by atoms with E-state index in [1.807, 2.05) is 0 Å². The van der Waals surface area contributed by atoms with E-state index < -0.39 is 16.1 Å². The Balaban J connectivity index is 4.81. The van der Waals surface area contributed by atoms with Crippen LogP contribution in [0.25, 0.3) is 0 Å². The van der Waals surface area contributed by atoms with Crippen LogP contribution in [-0.4, -0.2) is 27.0 Å². The van der Waals surface area contributed by atoms with E-state index in [4.69, 9.17) is 0 Å². The van der Waals surface area contributed by atoms with Gasteiger partial charge in [-0.2, -0.15) is 0 Å². The summed E-state index contributed by atoms with van der Waals surface area (Å²) in [5.74, 6) is 3.38. The molecule has 0 saturated carbocycles. The van der Waals surface area contributed by atoms with Crippen molar-refractivity contribution in [3.63, 3.8) is 0 Å². The van der Waals surface area contributed by atoms with Gasteiger partial charge >= 0.3 is 0 Å². The van der Waals surface area contributed by atoms with Crippen LogP contribution < -0.4 is 0 Å². The van der Waals surface area contributed by atoms with E-state index in [-0.39, 0.29) is 5.73 Å². The molecule has 0 aliphatic carbocycles. The van der Waals surface area contributed by atoms with E-state index in [0.29, 0.717) is 0 Å². The van der Waals surface area contributed by atoms with Gasteiger partial charge in [0.2, 0.25) is 0 Å². The summed E-state index contributed by atoms with van der Waals surface area (Å²) in [6.45, 7) is 13.6. The Kier molecular flexibility index (Phi) is 8.97. The number of aliphatic hydroxyl groups is 1. The van der Waals surface area contributed by atoms with E-state index in [1.54, 1.807) is 0 Å². The lowest BCUT2D eigenvalue weighted by molar-refractivity contribution is 0.246. The monoisotopic (exact) mass is 298 g/mol. The van der Waals surface area contributed by atoms with Crippen LogP contribution in [0.1, 0.15) is 48.0 Å². The molecule has 0 aromatic rings. The molecule has 0 aromatic heterocycles. The minimum absolute atomic E-state index is 0.128. The van der Waals surface area contributed by atoms with Crippen molar-refractivity contribution >= 4 is 16.1 Å². The molecule has 0 spiro atoms. The first-order valence-electron chi connectivity index (χ1n) is 8.17. The molecule has 1 unspecified atom stereocenters. The molecule has 0 rings (SSSR count). The maximum atomic E-state index is 10.5. The van der Waals surface area contributed by atoms with E-state index in [9.17, 15) is 5.11 Å². The molecule has 112 valence electrons. The van der Waals surface area contributed by atoms with Crippen molar-refractivity contribution < 1.29 is 5.11 Å². The van der Waals surface area contributed by atoms with Gasteiger partial charge < -0.3 is 5.11 Å². The van der Waals surface area contributed by atoms with Crippen molar-refractivity contribution in [1.29, 1.82) is 0 Å². The predicted molar refractivity (Wildman–Crippen MR) is 92.8 cm³/mol. The second-order valence-electron chi connectivity index (χ2n) is 5.79. The molecular formula is C16H34OSi2. The number of rotatable bonds is 8. The highest BCUT2D eigenvalue weighted by atomic mass is 28.3. The molecule has 3 heteroatoms. The Morgan fingerprint density at radius 2 is 1.21 bits per heavy atom. The van der Waals surface area contributed by atoms with Gasteiger partial charge in [0.15, 0.2) is 0 Å². The van der Waals surface area contributed by atoms with Crippen molar-refractivity contribution in [3.05, 3.63) is 0 Å². The smallest absolute Gasteiger partial charge is 0.137 e. The number of hydrogen-bond donors (Lipinski definition) is 1. The molecule has 0 aliphatic heterocycles. The predicted octanol–water partition coefficient (Wildman–Crippen LogP) is 4.84. The molecule has 0 aliphatic rings. The summed E-state index contributed by atoms with van der Waals surface area (Å²) < 4.78 is 0. The van der Waals surface area contributed by atoms with Gasteiger partial charge in [-0.15, -0.1) is 11.5 Å². The molecule has 0 radical (unpaired) electrons. The Morgan fingerprint density at radius 1 is 0.789 bits per heavy atom. The summed E-state index contributed by atoms with van der Waals surface area (Å²) in [6.07, 6.45) is 0.719. The van der Waals surface area contributed by atoms with Gasteiger partial charge in [0.25, 0.3) is 0 Å². The van der Waals surface area contributed by atoms with Gasteiger partial charge in [-0.1, -0.05) is 59.7 Å². The standard InChI is InChI=1S/C16H34OSi2/c1-7-18(8-2,9-3)15-13-14-16(17)19(10-4,11-5)12-6/h16-17H,7-12,14H2,1-6H3. The molecule has 0 amide bonds. The third-order valence-corrected chi connectivity index (χ3v) is 16.1. The van der Waals surface area contributed by atoms with Crippen LogP contribution >= 0.6 is 0 Å². The third kappa shape index (κ3) is 4.77. The fourth-order valence-corrected chi connectivity index (χ4v) is 8.98. The van der Waals surface area contributed by atoms with Gasteiger partial charge in [-0.25, -0.2) is 0 Å². The van der Waals surface area contributed by atoms with E-state index >= 15 is 0 Å². The normalized spacial score (nSPS) is 13.8. The second kappa shape index (κ2) is 8.99. The molecule has 0 bridgehead atoms. The zero-order chi connectivity index (χ0) is 14.9. The highest BCUT2D eigenvalue weighted by Crippen LogP contribution is 2.26. The molecule has 0 fully saturated rings. The summed E-state index contributed by atoms with van der Waals surface area (Å²) in [5.41, 5.74) is 3.48. The summed E-state index contributed by atoms with van der Waals surface area (Å²) in [5, 5.41) is 10.5. The first-order chi connectivity index (χ1) is 8.99. The van der Waals surface area contributed by atoms with Crippen molar-refractivity contribution in [2.75, 3.05) is 0 Å². The van der Waals surface area contributed by atoms with Crippen LogP contribution in [0.5, 0.6) is 0 Å². The van der Waals surface area contributed by atoms with Crippen molar-refractivity contribution in [2.45, 2.75) is 90.0 Å². The summed E-state index contributed by atoms with van der Waals surface area (Å²) in [7, 11) is -2.81. The van der Waals surface area contributed by atoms with Crippen LogP contribution in [0.4, 0.5) is 0 Å². The molecule has 1 atom stereocenters. The molecule has 1 nitrogen and oxygen atoms in total. The molecule has 1 N–H and O–H groups in total. The number of hydrogen-bond acceptors (Lipinski definition) is 1. The van der Waals surface area contributed by atoms with Gasteiger partial charge in [-0.05, 0) is 18.1 Å². The largest absolute Gasteiger partial charge is 0.396 e. The minimum atomic E-state index is -1.48. The number of aliphatic hydroxyl groups excluding tert-OH is 1. The van der Waals surface area contributed by atoms with E-state index in [1.165, 1.54) is 36.3 Å². The first-order valence-corrected chi connectivity index (χ1v) is 13.5. The highest BCUT2D eigenvalue weighted by molar-refractivity contribution is 6.87. The van der Waals surface area contributed by atoms with Crippen molar-refractivity contribution in [2.24, 2.45) is 0 Å². The molecule has 0 aromatic carbocycles. The maximum Gasteiger partial charge on any atom is 0.137 e. The van der Waals surface area contributed by atoms with Crippen LogP contribution in [0.3, 0.4) is 0 Å². The Labute approximate surface area is 123 Å². The second-order valence-corrected chi connectivity index (χ2v) is 16.2. The quantitative estimate of drug-likeness (QED) is 0.502. The minimum Gasteiger partial charge on any atom is -0.396 e. The summed E-state index contributed by atoms with van der Waals surface area (Å²) >= 11 is 0. The van der Waals surface area contributed by atoms with Gasteiger partial charge in [0.05, 0.1) is 13.8 Å². The Morgan fingerprint density at radius 3 is 1.53 bits per heavy atom. The maximum absolute atomic E-state index is 10.5. The Bertz CT molecular complexity index is 279. The molecule has 19 heavy (non-hydrogen) atoms. The average molecular weight is 299 g/mol. The van der Waals surface area contributed by atoms with Crippen LogP contribution in [-0.2, 0) is 0 Å². The van der Waals surface area contributed by atoms with Crippen molar-refractivity contribution in [1.82, 2.24) is 0 Å². The molecule has 0 saturated heterocycles. The lowest BCUT2D eigenvalue weighted by atomic mass is 10.5. The summed E-state index contributed by atoms with van der Waals surface area (Å²) in [6, 6.07) is 7.30. The third-order valence-electron chi connectivity index (χ3n) is 5.50. The van der Waals surface area contributed by atoms with Crippen LogP contribution in [0.2, 0.25) is 36.3 Å². The Hall–Kier alpha value is -0.0462. The zero-order valence-corrected chi connectivity index (χ0v) is 16.0.